The molecular formula is C35H23NOS. The predicted molar refractivity (Wildman–Crippen MR) is 164 cm³/mol. The van der Waals surface area contributed by atoms with E-state index in [2.05, 4.69) is 127 Å². The summed E-state index contributed by atoms with van der Waals surface area (Å²) in [5, 5.41) is 7.35. The Kier molecular flexibility index (Phi) is 4.64. The van der Waals surface area contributed by atoms with Crippen LogP contribution in [-0.4, -0.2) is 0 Å². The summed E-state index contributed by atoms with van der Waals surface area (Å²) in [4.78, 5) is 2.40. The molecule has 0 saturated heterocycles. The van der Waals surface area contributed by atoms with Crippen LogP contribution in [0.2, 0.25) is 0 Å². The molecule has 0 radical (unpaired) electrons. The predicted octanol–water partition coefficient (Wildman–Crippen LogP) is 10.9. The largest absolute Gasteiger partial charge is 0.454 e. The quantitative estimate of drug-likeness (QED) is 0.237. The molecular weight excluding hydrogens is 482 g/mol. The van der Waals surface area contributed by atoms with Crippen LogP contribution < -0.4 is 4.90 Å². The Balaban J connectivity index is 1.54. The molecule has 0 fully saturated rings. The summed E-state index contributed by atoms with van der Waals surface area (Å²) in [5.41, 5.74) is 6.35. The Bertz CT molecular complexity index is 2170. The van der Waals surface area contributed by atoms with E-state index in [1.54, 1.807) is 0 Å². The first kappa shape index (κ1) is 21.5. The van der Waals surface area contributed by atoms with E-state index < -0.39 is 0 Å². The minimum absolute atomic E-state index is 0.899. The fourth-order valence-corrected chi connectivity index (χ4v) is 7.05. The highest BCUT2D eigenvalue weighted by Crippen LogP contribution is 2.48. The van der Waals surface area contributed by atoms with Gasteiger partial charge in [-0.25, -0.2) is 0 Å². The van der Waals surface area contributed by atoms with E-state index in [9.17, 15) is 0 Å². The second-order valence-electron chi connectivity index (χ2n) is 9.79. The van der Waals surface area contributed by atoms with Crippen molar-refractivity contribution in [3.05, 3.63) is 127 Å². The summed E-state index contributed by atoms with van der Waals surface area (Å²) in [7, 11) is 0. The van der Waals surface area contributed by atoms with E-state index in [4.69, 9.17) is 4.42 Å². The van der Waals surface area contributed by atoms with Gasteiger partial charge in [-0.2, -0.15) is 0 Å². The third-order valence-electron chi connectivity index (χ3n) is 7.58. The molecule has 0 unspecified atom stereocenters. The minimum Gasteiger partial charge on any atom is -0.454 e. The second-order valence-corrected chi connectivity index (χ2v) is 10.8. The number of hydrogen-bond donors (Lipinski definition) is 0. The molecule has 2 heterocycles. The maximum absolute atomic E-state index is 6.56. The summed E-state index contributed by atoms with van der Waals surface area (Å²) in [6.45, 7) is 2.18. The molecule has 0 aliphatic rings. The van der Waals surface area contributed by atoms with Gasteiger partial charge in [-0.3, -0.25) is 0 Å². The number of nitrogens with zero attached hydrogens (tertiary/aromatic N) is 1. The number of para-hydroxylation sites is 3. The van der Waals surface area contributed by atoms with E-state index in [1.165, 1.54) is 36.5 Å². The van der Waals surface area contributed by atoms with Crippen molar-refractivity contribution in [2.75, 3.05) is 4.90 Å². The van der Waals surface area contributed by atoms with Crippen LogP contribution in [0.15, 0.2) is 126 Å². The van der Waals surface area contributed by atoms with Gasteiger partial charge in [0.2, 0.25) is 0 Å². The maximum atomic E-state index is 6.56. The fourth-order valence-electron chi connectivity index (χ4n) is 5.82. The van der Waals surface area contributed by atoms with Gasteiger partial charge >= 0.3 is 0 Å². The summed E-state index contributed by atoms with van der Waals surface area (Å²) in [6, 6.07) is 43.3. The van der Waals surface area contributed by atoms with Gasteiger partial charge < -0.3 is 9.32 Å². The molecule has 0 amide bonds. The molecule has 6 aromatic carbocycles. The highest BCUT2D eigenvalue weighted by Gasteiger charge is 2.23. The van der Waals surface area contributed by atoms with E-state index in [0.29, 0.717) is 0 Å². The average Bonchev–Trinajstić information content (AvgIpc) is 3.53. The van der Waals surface area contributed by atoms with Crippen LogP contribution in [0.5, 0.6) is 0 Å². The topological polar surface area (TPSA) is 16.4 Å². The molecule has 0 bridgehead atoms. The third-order valence-corrected chi connectivity index (χ3v) is 8.80. The molecule has 8 aromatic rings. The Hall–Kier alpha value is -4.60. The molecule has 38 heavy (non-hydrogen) atoms. The number of anilines is 3. The van der Waals surface area contributed by atoms with Crippen LogP contribution in [0.4, 0.5) is 17.1 Å². The van der Waals surface area contributed by atoms with Crippen molar-refractivity contribution in [3.63, 3.8) is 0 Å². The van der Waals surface area contributed by atoms with E-state index >= 15 is 0 Å². The molecule has 0 atom stereocenters. The molecule has 2 aromatic heterocycles. The number of rotatable bonds is 3. The summed E-state index contributed by atoms with van der Waals surface area (Å²) >= 11 is 1.87. The van der Waals surface area contributed by atoms with Gasteiger partial charge in [0.05, 0.1) is 11.4 Å². The zero-order valence-corrected chi connectivity index (χ0v) is 21.6. The standard InChI is InChI=1S/C35H23NOS/c1-22-11-2-7-17-29(22)36(30-18-10-16-26-24-13-5-8-19-32(24)37-34(26)30)31-21-28-25-14-6-9-20-33(25)38-35(28)27-15-4-3-12-23(27)31/h2-21H,1H3. The van der Waals surface area contributed by atoms with Crippen molar-refractivity contribution >= 4 is 81.3 Å². The first-order valence-electron chi connectivity index (χ1n) is 12.9. The number of hydrogen-bond acceptors (Lipinski definition) is 3. The van der Waals surface area contributed by atoms with Gasteiger partial charge in [0.1, 0.15) is 5.58 Å². The number of furan rings is 1. The zero-order chi connectivity index (χ0) is 25.2. The van der Waals surface area contributed by atoms with Gasteiger partial charge in [0.15, 0.2) is 5.58 Å². The second kappa shape index (κ2) is 8.20. The summed E-state index contributed by atoms with van der Waals surface area (Å²) < 4.78 is 9.21. The Morgan fingerprint density at radius 3 is 2.05 bits per heavy atom. The lowest BCUT2D eigenvalue weighted by molar-refractivity contribution is 0.669. The zero-order valence-electron chi connectivity index (χ0n) is 20.8. The average molecular weight is 506 g/mol. The van der Waals surface area contributed by atoms with Crippen LogP contribution in [0.25, 0.3) is 52.9 Å². The van der Waals surface area contributed by atoms with Crippen LogP contribution in [0, 0.1) is 6.92 Å². The Morgan fingerprint density at radius 2 is 1.18 bits per heavy atom. The lowest BCUT2D eigenvalue weighted by Crippen LogP contribution is -2.12. The normalized spacial score (nSPS) is 11.8. The first-order chi connectivity index (χ1) is 18.8. The van der Waals surface area contributed by atoms with Crippen molar-refractivity contribution in [3.8, 4) is 0 Å². The molecule has 8 rings (SSSR count). The molecule has 3 heteroatoms. The van der Waals surface area contributed by atoms with Crippen molar-refractivity contribution in [2.45, 2.75) is 6.92 Å². The van der Waals surface area contributed by atoms with Crippen LogP contribution in [-0.2, 0) is 0 Å². The number of benzene rings is 6. The van der Waals surface area contributed by atoms with Crippen LogP contribution in [0.3, 0.4) is 0 Å². The highest BCUT2D eigenvalue weighted by atomic mass is 32.1. The van der Waals surface area contributed by atoms with Gasteiger partial charge in [-0.15, -0.1) is 11.3 Å². The van der Waals surface area contributed by atoms with E-state index in [1.807, 2.05) is 17.4 Å². The van der Waals surface area contributed by atoms with Gasteiger partial charge in [0.25, 0.3) is 0 Å². The van der Waals surface area contributed by atoms with Gasteiger partial charge in [-0.05, 0) is 42.8 Å². The number of thiophene rings is 1. The Morgan fingerprint density at radius 1 is 0.526 bits per heavy atom. The molecule has 0 spiro atoms. The van der Waals surface area contributed by atoms with Gasteiger partial charge in [0, 0.05) is 47.4 Å². The lowest BCUT2D eigenvalue weighted by atomic mass is 10.0. The molecule has 2 nitrogen and oxygen atoms in total. The molecule has 0 aliphatic carbocycles. The molecule has 180 valence electrons. The number of aryl methyl sites for hydroxylation is 1. The van der Waals surface area contributed by atoms with Crippen molar-refractivity contribution in [2.24, 2.45) is 0 Å². The fraction of sp³-hybridized carbons (Fsp3) is 0.0286. The SMILES string of the molecule is Cc1ccccc1N(c1cc2c3ccccc3sc2c2ccccc12)c1cccc2c1oc1ccccc12. The highest BCUT2D eigenvalue weighted by molar-refractivity contribution is 7.26. The molecule has 0 saturated carbocycles. The van der Waals surface area contributed by atoms with Crippen LogP contribution in [0.1, 0.15) is 5.56 Å². The lowest BCUT2D eigenvalue weighted by Gasteiger charge is -2.28. The summed E-state index contributed by atoms with van der Waals surface area (Å²) in [5.74, 6) is 0. The van der Waals surface area contributed by atoms with Crippen LogP contribution >= 0.6 is 11.3 Å². The minimum atomic E-state index is 0.899. The summed E-state index contributed by atoms with van der Waals surface area (Å²) in [6.07, 6.45) is 0. The third kappa shape index (κ3) is 3.06. The van der Waals surface area contributed by atoms with E-state index in [-0.39, 0.29) is 0 Å². The first-order valence-corrected chi connectivity index (χ1v) is 13.7. The van der Waals surface area contributed by atoms with Crippen molar-refractivity contribution in [1.29, 1.82) is 0 Å². The maximum Gasteiger partial charge on any atom is 0.159 e. The van der Waals surface area contributed by atoms with Crippen molar-refractivity contribution in [1.82, 2.24) is 0 Å². The number of fused-ring (bicyclic) bond motifs is 8. The van der Waals surface area contributed by atoms with Crippen molar-refractivity contribution < 1.29 is 4.42 Å². The smallest absolute Gasteiger partial charge is 0.159 e. The van der Waals surface area contributed by atoms with E-state index in [0.717, 1.165) is 39.0 Å². The monoisotopic (exact) mass is 505 g/mol. The van der Waals surface area contributed by atoms with Gasteiger partial charge in [-0.1, -0.05) is 91.0 Å². The molecule has 0 aliphatic heterocycles. The Labute approximate surface area is 224 Å². The molecule has 0 N–H and O–H groups in total.